The first kappa shape index (κ1) is 22.9. The van der Waals surface area contributed by atoms with Crippen LogP contribution in [0.2, 0.25) is 0 Å². The van der Waals surface area contributed by atoms with Gasteiger partial charge in [0.15, 0.2) is 6.04 Å². The predicted molar refractivity (Wildman–Crippen MR) is 125 cm³/mol. The number of nitrogens with zero attached hydrogens (tertiary/aromatic N) is 1. The highest BCUT2D eigenvalue weighted by Gasteiger charge is 2.47. The molecule has 1 saturated carbocycles. The Kier molecular flexibility index (Phi) is 5.70. The van der Waals surface area contributed by atoms with Crippen molar-refractivity contribution in [2.45, 2.75) is 50.1 Å². The van der Waals surface area contributed by atoms with Crippen LogP contribution in [0.3, 0.4) is 0 Å². The second kappa shape index (κ2) is 8.72. The number of carboxylic acid groups (broad SMARTS) is 1. The average molecular weight is 478 g/mol. The summed E-state index contributed by atoms with van der Waals surface area (Å²) in [6.07, 6.45) is 0.603. The Bertz CT molecular complexity index is 1160. The molecule has 2 aromatic rings. The summed E-state index contributed by atoms with van der Waals surface area (Å²) in [5, 5.41) is 13.1. The third-order valence-corrected chi connectivity index (χ3v) is 7.22. The van der Waals surface area contributed by atoms with Gasteiger partial charge in [0.05, 0.1) is 18.4 Å². The molecule has 35 heavy (non-hydrogen) atoms. The van der Waals surface area contributed by atoms with Crippen LogP contribution in [0.25, 0.3) is 11.1 Å². The number of carbonyl (C=O) groups is 4. The predicted octanol–water partition coefficient (Wildman–Crippen LogP) is 2.80. The van der Waals surface area contributed by atoms with Gasteiger partial charge in [0.2, 0.25) is 11.8 Å². The summed E-state index contributed by atoms with van der Waals surface area (Å²) >= 11 is 0. The minimum absolute atomic E-state index is 0.0634. The molecule has 0 bridgehead atoms. The number of amides is 3. The number of nitrogens with one attached hydrogen (secondary N) is 2. The largest absolute Gasteiger partial charge is 0.480 e. The molecule has 2 atom stereocenters. The molecular weight excluding hydrogens is 450 g/mol. The standard InChI is InChI=1S/C26H27N3O6/c1-26(15-10-11-15,13-23(31)29-21(24(32)33)12-22(30)28-29)27-25(34)35-14-20-18-8-4-2-6-16(18)17-7-3-5-9-19(17)20/h2-9,15,20-21H,10-14H2,1H3,(H,27,34)(H,28,30)(H,32,33). The number of rotatable bonds is 7. The van der Waals surface area contributed by atoms with E-state index in [4.69, 9.17) is 4.74 Å². The van der Waals surface area contributed by atoms with Crippen LogP contribution in [0.4, 0.5) is 4.79 Å². The SMILES string of the molecule is CC(CC(=O)N1NC(=O)CC1C(=O)O)(NC(=O)OCC1c2ccccc2-c2ccccc21)C1CC1. The molecule has 2 unspecified atom stereocenters. The maximum Gasteiger partial charge on any atom is 0.407 e. The molecule has 3 aliphatic rings. The molecule has 1 aliphatic heterocycles. The molecule has 9 nitrogen and oxygen atoms in total. The molecule has 0 radical (unpaired) electrons. The van der Waals surface area contributed by atoms with Crippen LogP contribution in [-0.2, 0) is 19.1 Å². The molecule has 0 aromatic heterocycles. The Morgan fingerprint density at radius 1 is 1.09 bits per heavy atom. The minimum Gasteiger partial charge on any atom is -0.480 e. The zero-order chi connectivity index (χ0) is 24.7. The van der Waals surface area contributed by atoms with Gasteiger partial charge in [0, 0.05) is 5.92 Å². The molecular formula is C26H27N3O6. The van der Waals surface area contributed by atoms with Crippen molar-refractivity contribution in [3.05, 3.63) is 59.7 Å². The van der Waals surface area contributed by atoms with Crippen molar-refractivity contribution < 1.29 is 29.0 Å². The molecule has 5 rings (SSSR count). The number of carbonyl (C=O) groups excluding carboxylic acids is 3. The second-order valence-electron chi connectivity index (χ2n) is 9.68. The molecule has 3 amide bonds. The van der Waals surface area contributed by atoms with Gasteiger partial charge in [-0.05, 0) is 47.9 Å². The van der Waals surface area contributed by atoms with Crippen LogP contribution in [-0.4, -0.2) is 52.2 Å². The number of hydrogen-bond acceptors (Lipinski definition) is 5. The first-order valence-corrected chi connectivity index (χ1v) is 11.7. The van der Waals surface area contributed by atoms with E-state index in [1.54, 1.807) is 6.92 Å². The quantitative estimate of drug-likeness (QED) is 0.563. The van der Waals surface area contributed by atoms with Gasteiger partial charge < -0.3 is 15.2 Å². The van der Waals surface area contributed by atoms with Gasteiger partial charge in [-0.1, -0.05) is 48.5 Å². The summed E-state index contributed by atoms with van der Waals surface area (Å²) in [6.45, 7) is 1.91. The van der Waals surface area contributed by atoms with Crippen molar-refractivity contribution in [1.82, 2.24) is 15.8 Å². The lowest BCUT2D eigenvalue weighted by Gasteiger charge is -2.32. The first-order valence-electron chi connectivity index (χ1n) is 11.7. The summed E-state index contributed by atoms with van der Waals surface area (Å²) in [4.78, 5) is 49.0. The van der Waals surface area contributed by atoms with Crippen molar-refractivity contribution >= 4 is 23.9 Å². The van der Waals surface area contributed by atoms with E-state index in [1.165, 1.54) is 0 Å². The third kappa shape index (κ3) is 4.34. The van der Waals surface area contributed by atoms with E-state index in [1.807, 2.05) is 36.4 Å². The number of fused-ring (bicyclic) bond motifs is 3. The van der Waals surface area contributed by atoms with Gasteiger partial charge >= 0.3 is 12.1 Å². The van der Waals surface area contributed by atoms with Crippen LogP contribution in [0.5, 0.6) is 0 Å². The number of ether oxygens (including phenoxy) is 1. The number of hydrazine groups is 1. The smallest absolute Gasteiger partial charge is 0.407 e. The van der Waals surface area contributed by atoms with E-state index in [9.17, 15) is 24.3 Å². The number of benzene rings is 2. The zero-order valence-electron chi connectivity index (χ0n) is 19.3. The number of aliphatic carboxylic acids is 1. The summed E-state index contributed by atoms with van der Waals surface area (Å²) in [5.41, 5.74) is 5.87. The fourth-order valence-corrected chi connectivity index (χ4v) is 5.24. The van der Waals surface area contributed by atoms with Gasteiger partial charge in [-0.25, -0.2) is 14.6 Å². The lowest BCUT2D eigenvalue weighted by molar-refractivity contribution is -0.151. The molecule has 1 saturated heterocycles. The van der Waals surface area contributed by atoms with Crippen LogP contribution in [0, 0.1) is 5.92 Å². The van der Waals surface area contributed by atoms with Crippen LogP contribution < -0.4 is 10.7 Å². The van der Waals surface area contributed by atoms with Crippen LogP contribution in [0.1, 0.15) is 49.7 Å². The normalized spacial score (nSPS) is 20.4. The summed E-state index contributed by atoms with van der Waals surface area (Å²) in [6, 6.07) is 14.9. The Morgan fingerprint density at radius 3 is 2.26 bits per heavy atom. The topological polar surface area (TPSA) is 125 Å². The van der Waals surface area contributed by atoms with Gasteiger partial charge in [0.1, 0.15) is 6.61 Å². The number of carboxylic acids is 1. The molecule has 2 aliphatic carbocycles. The van der Waals surface area contributed by atoms with Crippen molar-refractivity contribution in [1.29, 1.82) is 0 Å². The number of alkyl carbamates (subject to hydrolysis) is 1. The fraction of sp³-hybridized carbons (Fsp3) is 0.385. The molecule has 2 fully saturated rings. The van der Waals surface area contributed by atoms with Crippen LogP contribution in [0.15, 0.2) is 48.5 Å². The number of hydrogen-bond donors (Lipinski definition) is 3. The third-order valence-electron chi connectivity index (χ3n) is 7.22. The molecule has 2 aromatic carbocycles. The van der Waals surface area contributed by atoms with Crippen molar-refractivity contribution in [2.75, 3.05) is 6.61 Å². The Morgan fingerprint density at radius 2 is 1.69 bits per heavy atom. The molecule has 182 valence electrons. The molecule has 0 spiro atoms. The van der Waals surface area contributed by atoms with E-state index in [-0.39, 0.29) is 31.3 Å². The molecule has 1 heterocycles. The maximum absolute atomic E-state index is 12.9. The highest BCUT2D eigenvalue weighted by atomic mass is 16.5. The lowest BCUT2D eigenvalue weighted by Crippen LogP contribution is -2.54. The van der Waals surface area contributed by atoms with E-state index < -0.39 is 35.5 Å². The van der Waals surface area contributed by atoms with E-state index in [0.717, 1.165) is 40.1 Å². The summed E-state index contributed by atoms with van der Waals surface area (Å²) < 4.78 is 5.66. The second-order valence-corrected chi connectivity index (χ2v) is 9.68. The van der Waals surface area contributed by atoms with E-state index >= 15 is 0 Å². The van der Waals surface area contributed by atoms with Gasteiger partial charge in [-0.15, -0.1) is 0 Å². The van der Waals surface area contributed by atoms with Crippen LogP contribution >= 0.6 is 0 Å². The van der Waals surface area contributed by atoms with Gasteiger partial charge in [-0.2, -0.15) is 0 Å². The van der Waals surface area contributed by atoms with Crippen molar-refractivity contribution in [2.24, 2.45) is 5.92 Å². The average Bonchev–Trinajstić information content (AvgIpc) is 3.55. The van der Waals surface area contributed by atoms with E-state index in [0.29, 0.717) is 0 Å². The monoisotopic (exact) mass is 477 g/mol. The highest BCUT2D eigenvalue weighted by Crippen LogP contribution is 2.45. The Balaban J connectivity index is 1.26. The Labute approximate surface area is 202 Å². The van der Waals surface area contributed by atoms with Crippen molar-refractivity contribution in [3.63, 3.8) is 0 Å². The highest BCUT2D eigenvalue weighted by molar-refractivity contribution is 5.94. The minimum atomic E-state index is -1.26. The lowest BCUT2D eigenvalue weighted by atomic mass is 9.91. The molecule has 3 N–H and O–H groups in total. The Hall–Kier alpha value is -3.88. The van der Waals surface area contributed by atoms with Crippen molar-refractivity contribution in [3.8, 4) is 11.1 Å². The fourth-order valence-electron chi connectivity index (χ4n) is 5.24. The summed E-state index contributed by atoms with van der Waals surface area (Å²) in [7, 11) is 0. The van der Waals surface area contributed by atoms with Gasteiger partial charge in [-0.3, -0.25) is 15.0 Å². The van der Waals surface area contributed by atoms with E-state index in [2.05, 4.69) is 22.9 Å². The molecule has 9 heteroatoms. The zero-order valence-corrected chi connectivity index (χ0v) is 19.3. The maximum atomic E-state index is 12.9. The summed E-state index contributed by atoms with van der Waals surface area (Å²) in [5.74, 6) is -2.36. The first-order chi connectivity index (χ1) is 16.8. The van der Waals surface area contributed by atoms with Gasteiger partial charge in [0.25, 0.3) is 0 Å².